The van der Waals surface area contributed by atoms with Gasteiger partial charge in [-0.25, -0.2) is 17.9 Å². The Bertz CT molecular complexity index is 496. The third-order valence-corrected chi connectivity index (χ3v) is 4.74. The van der Waals surface area contributed by atoms with Crippen LogP contribution in [0.5, 0.6) is 0 Å². The lowest BCUT2D eigenvalue weighted by Crippen LogP contribution is -2.26. The summed E-state index contributed by atoms with van der Waals surface area (Å²) in [6, 6.07) is 1.39. The first-order valence-corrected chi connectivity index (χ1v) is 7.74. The van der Waals surface area contributed by atoms with Gasteiger partial charge in [-0.15, -0.1) is 11.3 Å². The molecule has 0 atom stereocenters. The van der Waals surface area contributed by atoms with Gasteiger partial charge in [-0.05, 0) is 30.8 Å². The average molecular weight is 292 g/mol. The minimum absolute atomic E-state index is 0.0351. The third kappa shape index (κ3) is 3.77. The van der Waals surface area contributed by atoms with Gasteiger partial charge in [-0.2, -0.15) is 0 Å². The van der Waals surface area contributed by atoms with Crippen molar-refractivity contribution < 1.29 is 17.9 Å². The number of hydrogen-bond acceptors (Lipinski definition) is 6. The first kappa shape index (κ1) is 15.1. The lowest BCUT2D eigenvalue weighted by molar-refractivity contribution is 0.0602. The minimum atomic E-state index is -3.66. The summed E-state index contributed by atoms with van der Waals surface area (Å²) in [4.78, 5) is 11.4. The summed E-state index contributed by atoms with van der Waals surface area (Å²) in [5, 5.41) is 1.54. The van der Waals surface area contributed by atoms with Crippen LogP contribution in [-0.4, -0.2) is 34.6 Å². The molecule has 0 radical (unpaired) electrons. The minimum Gasteiger partial charge on any atom is -0.465 e. The Hall–Kier alpha value is -0.960. The monoisotopic (exact) mass is 292 g/mol. The van der Waals surface area contributed by atoms with Crippen molar-refractivity contribution in [1.82, 2.24) is 4.72 Å². The SMILES string of the molecule is COC(=O)c1sccc1S(=O)(=O)NCCCCN. The van der Waals surface area contributed by atoms with E-state index in [1.54, 1.807) is 5.38 Å². The molecule has 18 heavy (non-hydrogen) atoms. The Balaban J connectivity index is 2.79. The molecule has 0 unspecified atom stereocenters. The quantitative estimate of drug-likeness (QED) is 0.565. The summed E-state index contributed by atoms with van der Waals surface area (Å²) < 4.78 is 30.9. The van der Waals surface area contributed by atoms with Gasteiger partial charge in [0.2, 0.25) is 10.0 Å². The molecule has 0 aromatic carbocycles. The molecule has 3 N–H and O–H groups in total. The van der Waals surface area contributed by atoms with Crippen molar-refractivity contribution in [1.29, 1.82) is 0 Å². The second-order valence-corrected chi connectivity index (χ2v) is 6.15. The van der Waals surface area contributed by atoms with Gasteiger partial charge in [0.25, 0.3) is 0 Å². The average Bonchev–Trinajstić information content (AvgIpc) is 2.83. The van der Waals surface area contributed by atoms with Crippen LogP contribution in [-0.2, 0) is 14.8 Å². The fourth-order valence-electron chi connectivity index (χ4n) is 1.30. The van der Waals surface area contributed by atoms with Gasteiger partial charge in [0, 0.05) is 6.54 Å². The number of esters is 1. The zero-order valence-electron chi connectivity index (χ0n) is 10.0. The first-order valence-electron chi connectivity index (χ1n) is 5.38. The smallest absolute Gasteiger partial charge is 0.349 e. The predicted molar refractivity (Wildman–Crippen MR) is 69.1 cm³/mol. The van der Waals surface area contributed by atoms with Crippen molar-refractivity contribution in [3.8, 4) is 0 Å². The Morgan fingerprint density at radius 1 is 1.50 bits per heavy atom. The van der Waals surface area contributed by atoms with Crippen molar-refractivity contribution >= 4 is 27.3 Å². The molecule has 6 nitrogen and oxygen atoms in total. The molecule has 0 spiro atoms. The Kier molecular flexibility index (Phi) is 5.73. The van der Waals surface area contributed by atoms with Gasteiger partial charge < -0.3 is 10.5 Å². The molecular weight excluding hydrogens is 276 g/mol. The number of rotatable bonds is 7. The van der Waals surface area contributed by atoms with Crippen LogP contribution in [0.15, 0.2) is 16.3 Å². The number of sulfonamides is 1. The van der Waals surface area contributed by atoms with Crippen LogP contribution in [0.3, 0.4) is 0 Å². The molecule has 1 aromatic rings. The number of carbonyl (C=O) groups excluding carboxylic acids is 1. The molecule has 1 rings (SSSR count). The standard InChI is InChI=1S/C10H16N2O4S2/c1-16-10(13)9-8(4-7-17-9)18(14,15)12-6-3-2-5-11/h4,7,12H,2-3,5-6,11H2,1H3. The van der Waals surface area contributed by atoms with Gasteiger partial charge in [0.15, 0.2) is 0 Å². The molecule has 1 heterocycles. The maximum atomic E-state index is 12.0. The lowest BCUT2D eigenvalue weighted by atomic mass is 10.3. The molecule has 8 heteroatoms. The van der Waals surface area contributed by atoms with Gasteiger partial charge in [0.05, 0.1) is 7.11 Å². The number of thiophene rings is 1. The van der Waals surface area contributed by atoms with E-state index in [0.29, 0.717) is 19.5 Å². The highest BCUT2D eigenvalue weighted by molar-refractivity contribution is 7.89. The topological polar surface area (TPSA) is 98.5 Å². The van der Waals surface area contributed by atoms with E-state index in [-0.39, 0.29) is 9.77 Å². The molecule has 0 aliphatic rings. The van der Waals surface area contributed by atoms with E-state index < -0.39 is 16.0 Å². The fraction of sp³-hybridized carbons (Fsp3) is 0.500. The Morgan fingerprint density at radius 2 is 2.22 bits per heavy atom. The zero-order chi connectivity index (χ0) is 13.6. The summed E-state index contributed by atoms with van der Waals surface area (Å²) in [5.74, 6) is -0.646. The van der Waals surface area contributed by atoms with E-state index in [1.165, 1.54) is 13.2 Å². The number of methoxy groups -OCH3 is 1. The van der Waals surface area contributed by atoms with Crippen LogP contribution in [0, 0.1) is 0 Å². The fourth-order valence-corrected chi connectivity index (χ4v) is 3.71. The molecule has 102 valence electrons. The van der Waals surface area contributed by atoms with Crippen molar-refractivity contribution in [3.63, 3.8) is 0 Å². The molecule has 0 saturated heterocycles. The highest BCUT2D eigenvalue weighted by atomic mass is 32.2. The predicted octanol–water partition coefficient (Wildman–Crippen LogP) is 0.552. The number of nitrogens with two attached hydrogens (primary N) is 1. The summed E-state index contributed by atoms with van der Waals surface area (Å²) in [5.41, 5.74) is 5.32. The van der Waals surface area contributed by atoms with Crippen LogP contribution in [0.1, 0.15) is 22.5 Å². The highest BCUT2D eigenvalue weighted by Crippen LogP contribution is 2.22. The summed E-state index contributed by atoms with van der Waals surface area (Å²) >= 11 is 1.04. The first-order chi connectivity index (χ1) is 8.53. The van der Waals surface area contributed by atoms with Crippen molar-refractivity contribution in [2.45, 2.75) is 17.7 Å². The number of unbranched alkanes of at least 4 members (excludes halogenated alkanes) is 1. The summed E-state index contributed by atoms with van der Waals surface area (Å²) in [6.07, 6.45) is 1.41. The summed E-state index contributed by atoms with van der Waals surface area (Å²) in [6.45, 7) is 0.823. The second kappa shape index (κ2) is 6.83. The third-order valence-electron chi connectivity index (χ3n) is 2.21. The van der Waals surface area contributed by atoms with Crippen LogP contribution >= 0.6 is 11.3 Å². The van der Waals surface area contributed by atoms with E-state index in [0.717, 1.165) is 17.8 Å². The molecule has 0 aliphatic carbocycles. The normalized spacial score (nSPS) is 11.4. The number of carbonyl (C=O) groups is 1. The number of ether oxygens (including phenoxy) is 1. The van der Waals surface area contributed by atoms with E-state index in [2.05, 4.69) is 9.46 Å². The van der Waals surface area contributed by atoms with Crippen LogP contribution in [0.4, 0.5) is 0 Å². The molecule has 0 bridgehead atoms. The highest BCUT2D eigenvalue weighted by Gasteiger charge is 2.23. The second-order valence-electron chi connectivity index (χ2n) is 3.50. The molecule has 0 amide bonds. The lowest BCUT2D eigenvalue weighted by Gasteiger charge is -2.06. The Morgan fingerprint density at radius 3 is 2.83 bits per heavy atom. The van der Waals surface area contributed by atoms with Crippen molar-refractivity contribution in [2.75, 3.05) is 20.2 Å². The van der Waals surface area contributed by atoms with Crippen molar-refractivity contribution in [3.05, 3.63) is 16.3 Å². The molecule has 0 aliphatic heterocycles. The van der Waals surface area contributed by atoms with E-state index >= 15 is 0 Å². The summed E-state index contributed by atoms with van der Waals surface area (Å²) in [7, 11) is -2.45. The van der Waals surface area contributed by atoms with E-state index in [1.807, 2.05) is 0 Å². The van der Waals surface area contributed by atoms with Gasteiger partial charge in [-0.3, -0.25) is 0 Å². The zero-order valence-corrected chi connectivity index (χ0v) is 11.6. The van der Waals surface area contributed by atoms with E-state index in [4.69, 9.17) is 5.73 Å². The maximum absolute atomic E-state index is 12.0. The van der Waals surface area contributed by atoms with Gasteiger partial charge in [0.1, 0.15) is 9.77 Å². The van der Waals surface area contributed by atoms with E-state index in [9.17, 15) is 13.2 Å². The van der Waals surface area contributed by atoms with Crippen LogP contribution < -0.4 is 10.5 Å². The largest absolute Gasteiger partial charge is 0.465 e. The van der Waals surface area contributed by atoms with Crippen molar-refractivity contribution in [2.24, 2.45) is 5.73 Å². The molecular formula is C10H16N2O4S2. The number of hydrogen-bond donors (Lipinski definition) is 2. The maximum Gasteiger partial charge on any atom is 0.349 e. The molecule has 1 aromatic heterocycles. The van der Waals surface area contributed by atoms with Gasteiger partial charge in [-0.1, -0.05) is 0 Å². The van der Waals surface area contributed by atoms with Gasteiger partial charge >= 0.3 is 5.97 Å². The number of nitrogens with one attached hydrogen (secondary N) is 1. The van der Waals surface area contributed by atoms with Crippen LogP contribution in [0.25, 0.3) is 0 Å². The Labute approximate surface area is 110 Å². The molecule has 0 fully saturated rings. The molecule has 0 saturated carbocycles. The van der Waals surface area contributed by atoms with Crippen LogP contribution in [0.2, 0.25) is 0 Å².